The van der Waals surface area contributed by atoms with Gasteiger partial charge in [0.15, 0.2) is 0 Å². The van der Waals surface area contributed by atoms with Crippen LogP contribution in [0.4, 0.5) is 8.78 Å². The number of benzene rings is 2. The first-order valence-electron chi connectivity index (χ1n) is 7.54. The molecular weight excluding hydrogens is 298 g/mol. The molecule has 118 valence electrons. The molecule has 0 N–H and O–H groups in total. The first-order valence-corrected chi connectivity index (χ1v) is 7.54. The van der Waals surface area contributed by atoms with Gasteiger partial charge in [-0.15, -0.1) is 0 Å². The normalized spacial score (nSPS) is 12.5. The molecule has 0 spiro atoms. The summed E-state index contributed by atoms with van der Waals surface area (Å²) in [6.45, 7) is 3.89. The van der Waals surface area contributed by atoms with Crippen molar-refractivity contribution in [1.29, 1.82) is 0 Å². The van der Waals surface area contributed by atoms with Crippen LogP contribution in [0.5, 0.6) is 0 Å². The summed E-state index contributed by atoms with van der Waals surface area (Å²) in [5, 5.41) is -0.0983. The average molecular weight is 314 g/mol. The highest BCUT2D eigenvalue weighted by atomic mass is 19.1. The summed E-state index contributed by atoms with van der Waals surface area (Å²) >= 11 is 0. The van der Waals surface area contributed by atoms with E-state index in [4.69, 9.17) is 4.42 Å². The van der Waals surface area contributed by atoms with E-state index in [0.29, 0.717) is 11.3 Å². The van der Waals surface area contributed by atoms with Gasteiger partial charge in [-0.05, 0) is 36.2 Å². The number of halogens is 2. The van der Waals surface area contributed by atoms with E-state index in [0.717, 1.165) is 6.42 Å². The first kappa shape index (κ1) is 15.4. The molecule has 0 aliphatic carbocycles. The Morgan fingerprint density at radius 1 is 1.13 bits per heavy atom. The number of hydrogen-bond donors (Lipinski definition) is 0. The Morgan fingerprint density at radius 2 is 1.87 bits per heavy atom. The fraction of sp³-hybridized carbons (Fsp3) is 0.211. The van der Waals surface area contributed by atoms with Crippen molar-refractivity contribution >= 4 is 11.0 Å². The number of fused-ring (bicyclic) bond motifs is 1. The lowest BCUT2D eigenvalue weighted by molar-refractivity contribution is 0.488. The van der Waals surface area contributed by atoms with Crippen LogP contribution in [0.25, 0.3) is 22.1 Å². The van der Waals surface area contributed by atoms with Gasteiger partial charge in [0, 0.05) is 5.92 Å². The summed E-state index contributed by atoms with van der Waals surface area (Å²) < 4.78 is 33.5. The van der Waals surface area contributed by atoms with Crippen molar-refractivity contribution in [1.82, 2.24) is 0 Å². The smallest absolute Gasteiger partial charge is 0.203 e. The predicted octanol–water partition coefficient (Wildman–Crippen LogP) is 5.25. The van der Waals surface area contributed by atoms with Crippen LogP contribution in [-0.4, -0.2) is 0 Å². The topological polar surface area (TPSA) is 30.2 Å². The minimum absolute atomic E-state index is 0.0476. The zero-order valence-electron chi connectivity index (χ0n) is 12.9. The van der Waals surface area contributed by atoms with Crippen LogP contribution < -0.4 is 5.43 Å². The van der Waals surface area contributed by atoms with E-state index in [-0.39, 0.29) is 22.5 Å². The van der Waals surface area contributed by atoms with E-state index >= 15 is 0 Å². The molecule has 0 saturated heterocycles. The summed E-state index contributed by atoms with van der Waals surface area (Å²) in [6.07, 6.45) is 0.742. The van der Waals surface area contributed by atoms with Gasteiger partial charge in [0.25, 0.3) is 0 Å². The summed E-state index contributed by atoms with van der Waals surface area (Å²) in [4.78, 5) is 12.9. The fourth-order valence-electron chi connectivity index (χ4n) is 2.67. The van der Waals surface area contributed by atoms with Crippen LogP contribution in [0.3, 0.4) is 0 Å². The molecule has 0 bridgehead atoms. The minimum atomic E-state index is -0.635. The van der Waals surface area contributed by atoms with Crippen molar-refractivity contribution in [2.75, 3.05) is 0 Å². The Morgan fingerprint density at radius 3 is 2.57 bits per heavy atom. The molecule has 2 nitrogen and oxygen atoms in total. The second-order valence-electron chi connectivity index (χ2n) is 5.60. The molecule has 1 unspecified atom stereocenters. The van der Waals surface area contributed by atoms with Crippen molar-refractivity contribution in [3.63, 3.8) is 0 Å². The monoisotopic (exact) mass is 314 g/mol. The van der Waals surface area contributed by atoms with Gasteiger partial charge in [-0.1, -0.05) is 32.0 Å². The van der Waals surface area contributed by atoms with Crippen LogP contribution >= 0.6 is 0 Å². The molecule has 0 aliphatic rings. The highest BCUT2D eigenvalue weighted by Gasteiger charge is 2.21. The Hall–Kier alpha value is -2.49. The summed E-state index contributed by atoms with van der Waals surface area (Å²) in [6, 6.07) is 10.0. The van der Waals surface area contributed by atoms with Gasteiger partial charge in [0.05, 0.1) is 5.56 Å². The second-order valence-corrected chi connectivity index (χ2v) is 5.60. The Bertz CT molecular complexity index is 928. The van der Waals surface area contributed by atoms with Crippen molar-refractivity contribution in [3.8, 4) is 11.1 Å². The van der Waals surface area contributed by atoms with E-state index in [1.807, 2.05) is 13.8 Å². The maximum atomic E-state index is 14.1. The Balaban J connectivity index is 2.44. The van der Waals surface area contributed by atoms with E-state index in [1.54, 1.807) is 12.1 Å². The van der Waals surface area contributed by atoms with Crippen LogP contribution in [-0.2, 0) is 0 Å². The summed E-state index contributed by atoms with van der Waals surface area (Å²) in [5.41, 5.74) is 0.381. The Labute approximate surface area is 132 Å². The molecule has 2 aromatic carbocycles. The third-order valence-electron chi connectivity index (χ3n) is 4.07. The predicted molar refractivity (Wildman–Crippen MR) is 86.5 cm³/mol. The lowest BCUT2D eigenvalue weighted by Gasteiger charge is -2.15. The number of rotatable bonds is 3. The van der Waals surface area contributed by atoms with Crippen molar-refractivity contribution in [2.24, 2.45) is 0 Å². The van der Waals surface area contributed by atoms with Gasteiger partial charge >= 0.3 is 0 Å². The van der Waals surface area contributed by atoms with Gasteiger partial charge in [-0.3, -0.25) is 4.79 Å². The van der Waals surface area contributed by atoms with E-state index < -0.39 is 17.1 Å². The molecule has 0 aliphatic heterocycles. The zero-order valence-corrected chi connectivity index (χ0v) is 12.9. The van der Waals surface area contributed by atoms with Crippen molar-refractivity contribution in [2.45, 2.75) is 26.2 Å². The van der Waals surface area contributed by atoms with Crippen LogP contribution in [0.15, 0.2) is 51.7 Å². The van der Waals surface area contributed by atoms with Gasteiger partial charge in [-0.2, -0.15) is 0 Å². The SMILES string of the molecule is CCC(C)c1oc2cccc(F)c2c(=O)c1-c1cccc(F)c1. The van der Waals surface area contributed by atoms with Gasteiger partial charge in [-0.25, -0.2) is 8.78 Å². The van der Waals surface area contributed by atoms with E-state index in [9.17, 15) is 13.6 Å². The first-order chi connectivity index (χ1) is 11.0. The molecule has 23 heavy (non-hydrogen) atoms. The van der Waals surface area contributed by atoms with Crippen molar-refractivity contribution in [3.05, 3.63) is 70.1 Å². The largest absolute Gasteiger partial charge is 0.460 e. The molecule has 0 radical (unpaired) electrons. The lowest BCUT2D eigenvalue weighted by Crippen LogP contribution is -2.12. The lowest BCUT2D eigenvalue weighted by atomic mass is 9.94. The molecule has 3 rings (SSSR count). The van der Waals surface area contributed by atoms with Gasteiger partial charge in [0.1, 0.15) is 28.4 Å². The molecule has 4 heteroatoms. The molecule has 0 fully saturated rings. The summed E-state index contributed by atoms with van der Waals surface area (Å²) in [5.74, 6) is -0.676. The molecule has 1 heterocycles. The maximum absolute atomic E-state index is 14.1. The fourth-order valence-corrected chi connectivity index (χ4v) is 2.67. The molecule has 0 saturated carbocycles. The van der Waals surface area contributed by atoms with E-state index in [2.05, 4.69) is 0 Å². The second kappa shape index (κ2) is 5.95. The van der Waals surface area contributed by atoms with Crippen LogP contribution in [0.2, 0.25) is 0 Å². The third kappa shape index (κ3) is 2.65. The minimum Gasteiger partial charge on any atom is -0.460 e. The van der Waals surface area contributed by atoms with Gasteiger partial charge in [0.2, 0.25) is 5.43 Å². The molecule has 3 aromatic rings. The van der Waals surface area contributed by atoms with E-state index in [1.165, 1.54) is 30.3 Å². The zero-order chi connectivity index (χ0) is 16.6. The van der Waals surface area contributed by atoms with Crippen molar-refractivity contribution < 1.29 is 13.2 Å². The average Bonchev–Trinajstić information content (AvgIpc) is 2.53. The quantitative estimate of drug-likeness (QED) is 0.661. The van der Waals surface area contributed by atoms with Gasteiger partial charge < -0.3 is 4.42 Å². The standard InChI is InChI=1S/C19H16F2O2/c1-3-11(2)19-16(12-6-4-7-13(20)10-12)18(22)17-14(21)8-5-9-15(17)23-19/h4-11H,3H2,1-2H3. The van der Waals surface area contributed by atoms with Crippen LogP contribution in [0, 0.1) is 11.6 Å². The molecular formula is C19H16F2O2. The third-order valence-corrected chi connectivity index (χ3v) is 4.07. The molecule has 1 atom stereocenters. The Kier molecular flexibility index (Phi) is 3.99. The van der Waals surface area contributed by atoms with Crippen LogP contribution in [0.1, 0.15) is 31.9 Å². The highest BCUT2D eigenvalue weighted by Crippen LogP contribution is 2.32. The molecule has 0 amide bonds. The number of hydrogen-bond acceptors (Lipinski definition) is 2. The maximum Gasteiger partial charge on any atom is 0.203 e. The summed E-state index contributed by atoms with van der Waals surface area (Å²) in [7, 11) is 0. The highest BCUT2D eigenvalue weighted by molar-refractivity contribution is 5.83. The molecule has 1 aromatic heterocycles.